The standard InChI is InChI=1S/C19H26FNO/c20-16-13-11-15(12-14-16)19(22)21(17-7-3-1-4-8-17)18-9-5-2-6-10-18/h11-14,17-18H,1-10H2. The number of hydrogen-bond acceptors (Lipinski definition) is 1. The molecule has 0 spiro atoms. The summed E-state index contributed by atoms with van der Waals surface area (Å²) in [7, 11) is 0. The van der Waals surface area contributed by atoms with Gasteiger partial charge < -0.3 is 4.90 Å². The Labute approximate surface area is 132 Å². The first-order valence-corrected chi connectivity index (χ1v) is 8.84. The number of hydrogen-bond donors (Lipinski definition) is 0. The average molecular weight is 303 g/mol. The third-order valence-corrected chi connectivity index (χ3v) is 5.26. The van der Waals surface area contributed by atoms with Crippen LogP contribution in [0.4, 0.5) is 4.39 Å². The minimum Gasteiger partial charge on any atom is -0.333 e. The topological polar surface area (TPSA) is 20.3 Å². The van der Waals surface area contributed by atoms with Crippen molar-refractivity contribution in [3.8, 4) is 0 Å². The van der Waals surface area contributed by atoms with E-state index in [2.05, 4.69) is 4.90 Å². The van der Waals surface area contributed by atoms with Crippen LogP contribution in [0.1, 0.15) is 74.6 Å². The summed E-state index contributed by atoms with van der Waals surface area (Å²) in [5, 5.41) is 0. The van der Waals surface area contributed by atoms with E-state index in [0.717, 1.165) is 25.7 Å². The Bertz CT molecular complexity index is 469. The number of rotatable bonds is 3. The zero-order valence-electron chi connectivity index (χ0n) is 13.3. The quantitative estimate of drug-likeness (QED) is 0.775. The van der Waals surface area contributed by atoms with Crippen molar-refractivity contribution in [1.82, 2.24) is 4.90 Å². The van der Waals surface area contributed by atoms with Crippen LogP contribution in [0.3, 0.4) is 0 Å². The minimum absolute atomic E-state index is 0.110. The summed E-state index contributed by atoms with van der Waals surface area (Å²) in [4.78, 5) is 15.2. The maximum absolute atomic E-state index is 13.1. The normalized spacial score (nSPS) is 20.8. The molecule has 3 heteroatoms. The Kier molecular flexibility index (Phi) is 5.12. The second kappa shape index (κ2) is 7.26. The highest BCUT2D eigenvalue weighted by atomic mass is 19.1. The van der Waals surface area contributed by atoms with Crippen LogP contribution < -0.4 is 0 Å². The van der Waals surface area contributed by atoms with Crippen molar-refractivity contribution in [2.45, 2.75) is 76.3 Å². The molecule has 120 valence electrons. The summed E-state index contributed by atoms with van der Waals surface area (Å²) in [6, 6.07) is 6.83. The molecular weight excluding hydrogens is 277 g/mol. The molecule has 0 saturated heterocycles. The Morgan fingerprint density at radius 2 is 1.27 bits per heavy atom. The second-order valence-electron chi connectivity index (χ2n) is 6.80. The van der Waals surface area contributed by atoms with E-state index in [9.17, 15) is 9.18 Å². The van der Waals surface area contributed by atoms with Crippen molar-refractivity contribution < 1.29 is 9.18 Å². The fourth-order valence-corrected chi connectivity index (χ4v) is 4.09. The molecule has 0 radical (unpaired) electrons. The van der Waals surface area contributed by atoms with Crippen molar-refractivity contribution in [2.75, 3.05) is 0 Å². The van der Waals surface area contributed by atoms with Crippen molar-refractivity contribution in [1.29, 1.82) is 0 Å². The lowest BCUT2D eigenvalue weighted by Gasteiger charge is -2.41. The molecule has 1 aromatic carbocycles. The molecule has 0 heterocycles. The fourth-order valence-electron chi connectivity index (χ4n) is 4.09. The second-order valence-corrected chi connectivity index (χ2v) is 6.80. The molecule has 2 nitrogen and oxygen atoms in total. The first kappa shape index (κ1) is 15.5. The van der Waals surface area contributed by atoms with Crippen LogP contribution in [-0.4, -0.2) is 22.9 Å². The molecule has 0 atom stereocenters. The molecule has 2 fully saturated rings. The van der Waals surface area contributed by atoms with Crippen LogP contribution in [0, 0.1) is 5.82 Å². The van der Waals surface area contributed by atoms with E-state index in [1.807, 2.05) is 0 Å². The Morgan fingerprint density at radius 3 is 1.73 bits per heavy atom. The Morgan fingerprint density at radius 1 is 0.818 bits per heavy atom. The molecule has 2 aliphatic carbocycles. The predicted octanol–water partition coefficient (Wildman–Crippen LogP) is 4.93. The molecule has 1 aromatic rings. The molecule has 1 amide bonds. The number of halogens is 1. The minimum atomic E-state index is -0.279. The van der Waals surface area contributed by atoms with Crippen molar-refractivity contribution >= 4 is 5.91 Å². The number of benzene rings is 1. The van der Waals surface area contributed by atoms with E-state index in [1.54, 1.807) is 12.1 Å². The van der Waals surface area contributed by atoms with Gasteiger partial charge in [-0.3, -0.25) is 4.79 Å². The van der Waals surface area contributed by atoms with Gasteiger partial charge in [0.25, 0.3) is 5.91 Å². The van der Waals surface area contributed by atoms with E-state index in [0.29, 0.717) is 17.6 Å². The summed E-state index contributed by atoms with van der Waals surface area (Å²) in [6.07, 6.45) is 12.0. The van der Waals surface area contributed by atoms with Crippen molar-refractivity contribution in [2.24, 2.45) is 0 Å². The van der Waals surface area contributed by atoms with Crippen LogP contribution in [0.15, 0.2) is 24.3 Å². The molecule has 2 saturated carbocycles. The molecule has 0 aromatic heterocycles. The number of carbonyl (C=O) groups is 1. The van der Waals surface area contributed by atoms with Crippen molar-refractivity contribution in [3.63, 3.8) is 0 Å². The molecule has 0 N–H and O–H groups in total. The number of amides is 1. The first-order chi connectivity index (χ1) is 10.8. The third kappa shape index (κ3) is 3.50. The lowest BCUT2D eigenvalue weighted by atomic mass is 9.88. The number of carbonyl (C=O) groups excluding carboxylic acids is 1. The first-order valence-electron chi connectivity index (χ1n) is 8.84. The van der Waals surface area contributed by atoms with E-state index < -0.39 is 0 Å². The van der Waals surface area contributed by atoms with E-state index in [-0.39, 0.29) is 11.7 Å². The molecular formula is C19H26FNO. The van der Waals surface area contributed by atoms with Gasteiger partial charge in [-0.1, -0.05) is 38.5 Å². The Hall–Kier alpha value is -1.38. The molecule has 22 heavy (non-hydrogen) atoms. The van der Waals surface area contributed by atoms with Crippen LogP contribution >= 0.6 is 0 Å². The highest BCUT2D eigenvalue weighted by Crippen LogP contribution is 2.31. The van der Waals surface area contributed by atoms with Gasteiger partial charge in [0.15, 0.2) is 0 Å². The van der Waals surface area contributed by atoms with Gasteiger partial charge in [-0.05, 0) is 49.9 Å². The summed E-state index contributed by atoms with van der Waals surface area (Å²) in [5.74, 6) is -0.169. The maximum Gasteiger partial charge on any atom is 0.254 e. The van der Waals surface area contributed by atoms with Gasteiger partial charge >= 0.3 is 0 Å². The highest BCUT2D eigenvalue weighted by Gasteiger charge is 2.32. The van der Waals surface area contributed by atoms with Crippen molar-refractivity contribution in [3.05, 3.63) is 35.6 Å². The molecule has 0 aliphatic heterocycles. The van der Waals surface area contributed by atoms with Crippen LogP contribution in [0.5, 0.6) is 0 Å². The molecule has 3 rings (SSSR count). The van der Waals surface area contributed by atoms with Crippen LogP contribution in [-0.2, 0) is 0 Å². The highest BCUT2D eigenvalue weighted by molar-refractivity contribution is 5.94. The SMILES string of the molecule is O=C(c1ccc(F)cc1)N(C1CCCCC1)C1CCCCC1. The lowest BCUT2D eigenvalue weighted by molar-refractivity contribution is 0.0448. The van der Waals surface area contributed by atoms with Gasteiger partial charge in [-0.15, -0.1) is 0 Å². The average Bonchev–Trinajstić information content (AvgIpc) is 2.57. The molecule has 0 bridgehead atoms. The van der Waals surface area contributed by atoms with Crippen LogP contribution in [0.2, 0.25) is 0 Å². The summed E-state index contributed by atoms with van der Waals surface area (Å²) in [6.45, 7) is 0. The van der Waals surface area contributed by atoms with E-state index in [1.165, 1.54) is 50.7 Å². The number of nitrogens with zero attached hydrogens (tertiary/aromatic N) is 1. The van der Waals surface area contributed by atoms with Gasteiger partial charge in [0.2, 0.25) is 0 Å². The predicted molar refractivity (Wildman–Crippen MR) is 86.3 cm³/mol. The van der Waals surface area contributed by atoms with Gasteiger partial charge in [0.1, 0.15) is 5.82 Å². The van der Waals surface area contributed by atoms with Gasteiger partial charge in [0, 0.05) is 17.6 Å². The Balaban J connectivity index is 1.82. The molecule has 2 aliphatic rings. The fraction of sp³-hybridized carbons (Fsp3) is 0.632. The van der Waals surface area contributed by atoms with E-state index in [4.69, 9.17) is 0 Å². The summed E-state index contributed by atoms with van der Waals surface area (Å²) >= 11 is 0. The largest absolute Gasteiger partial charge is 0.333 e. The zero-order valence-corrected chi connectivity index (χ0v) is 13.3. The molecule has 0 unspecified atom stereocenters. The maximum atomic E-state index is 13.1. The van der Waals surface area contributed by atoms with Gasteiger partial charge in [0.05, 0.1) is 0 Å². The zero-order chi connectivity index (χ0) is 15.4. The third-order valence-electron chi connectivity index (χ3n) is 5.26. The summed E-state index contributed by atoms with van der Waals surface area (Å²) < 4.78 is 13.1. The monoisotopic (exact) mass is 303 g/mol. The van der Waals surface area contributed by atoms with Gasteiger partial charge in [-0.25, -0.2) is 4.39 Å². The van der Waals surface area contributed by atoms with Crippen LogP contribution in [0.25, 0.3) is 0 Å². The van der Waals surface area contributed by atoms with E-state index >= 15 is 0 Å². The smallest absolute Gasteiger partial charge is 0.254 e. The van der Waals surface area contributed by atoms with Gasteiger partial charge in [-0.2, -0.15) is 0 Å². The summed E-state index contributed by atoms with van der Waals surface area (Å²) in [5.41, 5.74) is 0.637. The lowest BCUT2D eigenvalue weighted by Crippen LogP contribution is -2.48.